The summed E-state index contributed by atoms with van der Waals surface area (Å²) >= 11 is 9.64. The summed E-state index contributed by atoms with van der Waals surface area (Å²) in [5.41, 5.74) is 0.140. The van der Waals surface area contributed by atoms with Gasteiger partial charge in [0.2, 0.25) is 0 Å². The largest absolute Gasteiger partial charge is 0.385 e. The lowest BCUT2D eigenvalue weighted by molar-refractivity contribution is -0.00118. The van der Waals surface area contributed by atoms with Crippen molar-refractivity contribution in [3.63, 3.8) is 0 Å². The summed E-state index contributed by atoms with van der Waals surface area (Å²) in [7, 11) is 0. The number of rotatable bonds is 1. The minimum Gasteiger partial charge on any atom is -0.385 e. The molecule has 1 aliphatic carbocycles. The number of hydrogen-bond donors (Lipinski definition) is 1. The van der Waals surface area contributed by atoms with Crippen LogP contribution in [0.5, 0.6) is 0 Å². The van der Waals surface area contributed by atoms with Gasteiger partial charge in [-0.1, -0.05) is 52.9 Å². The second kappa shape index (κ2) is 4.44. The van der Waals surface area contributed by atoms with Crippen LogP contribution in [0.1, 0.15) is 37.7 Å². The van der Waals surface area contributed by atoms with Crippen molar-refractivity contribution in [2.24, 2.45) is 0 Å². The van der Waals surface area contributed by atoms with E-state index < -0.39 is 5.60 Å². The highest BCUT2D eigenvalue weighted by molar-refractivity contribution is 9.10. The van der Waals surface area contributed by atoms with E-state index in [1.54, 1.807) is 0 Å². The van der Waals surface area contributed by atoms with Gasteiger partial charge in [0.15, 0.2) is 0 Å². The van der Waals surface area contributed by atoms with Gasteiger partial charge in [-0.2, -0.15) is 0 Å². The molecule has 1 nitrogen and oxygen atoms in total. The summed E-state index contributed by atoms with van der Waals surface area (Å²) in [5, 5.41) is 11.3. The van der Waals surface area contributed by atoms with E-state index in [4.69, 9.17) is 11.6 Å². The lowest BCUT2D eigenvalue weighted by Gasteiger charge is -2.33. The highest BCUT2D eigenvalue weighted by Crippen LogP contribution is 2.43. The Bertz CT molecular complexity index is 338. The first-order valence-electron chi connectivity index (χ1n) is 5.30. The molecule has 0 atom stereocenters. The van der Waals surface area contributed by atoms with Crippen LogP contribution in [0.2, 0.25) is 5.02 Å². The first kappa shape index (κ1) is 11.4. The fourth-order valence-electron chi connectivity index (χ4n) is 2.33. The highest BCUT2D eigenvalue weighted by Gasteiger charge is 2.34. The van der Waals surface area contributed by atoms with E-state index in [9.17, 15) is 5.11 Å². The molecule has 1 aromatic rings. The standard InChI is InChI=1S/C12H14BrClO/c13-9-5-4-6-10(14)11(9)12(15)7-2-1-3-8-12/h4-6,15H,1-3,7-8H2. The van der Waals surface area contributed by atoms with E-state index in [1.165, 1.54) is 6.42 Å². The quantitative estimate of drug-likeness (QED) is 0.819. The maximum Gasteiger partial charge on any atom is 0.0921 e. The minimum absolute atomic E-state index is 0.661. The highest BCUT2D eigenvalue weighted by atomic mass is 79.9. The van der Waals surface area contributed by atoms with Crippen LogP contribution in [0.15, 0.2) is 22.7 Å². The van der Waals surface area contributed by atoms with Crippen LogP contribution in [-0.2, 0) is 5.60 Å². The molecule has 0 heterocycles. The van der Waals surface area contributed by atoms with Crippen molar-refractivity contribution in [1.82, 2.24) is 0 Å². The molecule has 0 amide bonds. The zero-order valence-corrected chi connectivity index (χ0v) is 10.8. The lowest BCUT2D eigenvalue weighted by Crippen LogP contribution is -2.29. The van der Waals surface area contributed by atoms with Gasteiger partial charge in [-0.15, -0.1) is 0 Å². The zero-order valence-electron chi connectivity index (χ0n) is 8.47. The van der Waals surface area contributed by atoms with Gasteiger partial charge in [0, 0.05) is 15.1 Å². The Hall–Kier alpha value is -0.0500. The van der Waals surface area contributed by atoms with Gasteiger partial charge >= 0.3 is 0 Å². The minimum atomic E-state index is -0.727. The maximum atomic E-state index is 10.6. The molecule has 82 valence electrons. The average molecular weight is 290 g/mol. The van der Waals surface area contributed by atoms with Crippen LogP contribution >= 0.6 is 27.5 Å². The first-order valence-corrected chi connectivity index (χ1v) is 6.47. The lowest BCUT2D eigenvalue weighted by atomic mass is 9.80. The molecule has 0 spiro atoms. The third-order valence-electron chi connectivity index (χ3n) is 3.11. The Morgan fingerprint density at radius 1 is 1.20 bits per heavy atom. The predicted octanol–water partition coefficient (Wildman–Crippen LogP) is 4.25. The monoisotopic (exact) mass is 288 g/mol. The Balaban J connectivity index is 2.42. The van der Waals surface area contributed by atoms with Gasteiger partial charge in [0.05, 0.1) is 5.60 Å². The SMILES string of the molecule is OC1(c2c(Cl)cccc2Br)CCCCC1. The molecule has 1 fully saturated rings. The van der Waals surface area contributed by atoms with Crippen LogP contribution < -0.4 is 0 Å². The topological polar surface area (TPSA) is 20.2 Å². The average Bonchev–Trinajstić information content (AvgIpc) is 2.18. The first-order chi connectivity index (χ1) is 7.13. The molecule has 1 aromatic carbocycles. The Morgan fingerprint density at radius 2 is 1.87 bits per heavy atom. The molecule has 1 aliphatic rings. The third-order valence-corrected chi connectivity index (χ3v) is 4.08. The van der Waals surface area contributed by atoms with E-state index in [0.717, 1.165) is 35.7 Å². The van der Waals surface area contributed by atoms with Gasteiger partial charge in [-0.3, -0.25) is 0 Å². The summed E-state index contributed by atoms with van der Waals surface area (Å²) in [5.74, 6) is 0. The van der Waals surface area contributed by atoms with Gasteiger partial charge in [-0.05, 0) is 25.0 Å². The summed E-state index contributed by atoms with van der Waals surface area (Å²) in [6.45, 7) is 0. The van der Waals surface area contributed by atoms with Crippen LogP contribution in [0.25, 0.3) is 0 Å². The van der Waals surface area contributed by atoms with Crippen molar-refractivity contribution in [2.45, 2.75) is 37.7 Å². The molecule has 2 rings (SSSR count). The fourth-order valence-corrected chi connectivity index (χ4v) is 3.53. The van der Waals surface area contributed by atoms with Crippen LogP contribution in [0, 0.1) is 0 Å². The third kappa shape index (κ3) is 2.22. The van der Waals surface area contributed by atoms with Crippen molar-refractivity contribution in [3.05, 3.63) is 33.3 Å². The second-order valence-electron chi connectivity index (χ2n) is 4.19. The summed E-state index contributed by atoms with van der Waals surface area (Å²) in [4.78, 5) is 0. The van der Waals surface area contributed by atoms with E-state index in [1.807, 2.05) is 18.2 Å². The molecule has 3 heteroatoms. The van der Waals surface area contributed by atoms with Crippen LogP contribution in [0.4, 0.5) is 0 Å². The van der Waals surface area contributed by atoms with Crippen molar-refractivity contribution in [3.8, 4) is 0 Å². The molecule has 0 saturated heterocycles. The number of aliphatic hydroxyl groups is 1. The molecule has 0 radical (unpaired) electrons. The molecule has 0 aromatic heterocycles. The van der Waals surface area contributed by atoms with E-state index >= 15 is 0 Å². The molecule has 15 heavy (non-hydrogen) atoms. The molecular formula is C12H14BrClO. The van der Waals surface area contributed by atoms with Crippen molar-refractivity contribution in [1.29, 1.82) is 0 Å². The van der Waals surface area contributed by atoms with Crippen molar-refractivity contribution in [2.75, 3.05) is 0 Å². The van der Waals surface area contributed by atoms with Crippen LogP contribution in [0.3, 0.4) is 0 Å². The molecular weight excluding hydrogens is 275 g/mol. The summed E-state index contributed by atoms with van der Waals surface area (Å²) in [6.07, 6.45) is 5.00. The van der Waals surface area contributed by atoms with E-state index in [2.05, 4.69) is 15.9 Å². The van der Waals surface area contributed by atoms with Crippen molar-refractivity contribution < 1.29 is 5.11 Å². The molecule has 1 N–H and O–H groups in total. The van der Waals surface area contributed by atoms with Gasteiger partial charge < -0.3 is 5.11 Å². The summed E-state index contributed by atoms with van der Waals surface area (Å²) < 4.78 is 0.916. The fraction of sp³-hybridized carbons (Fsp3) is 0.500. The van der Waals surface area contributed by atoms with Gasteiger partial charge in [-0.25, -0.2) is 0 Å². The Morgan fingerprint density at radius 3 is 2.47 bits per heavy atom. The van der Waals surface area contributed by atoms with Gasteiger partial charge in [0.1, 0.15) is 0 Å². The van der Waals surface area contributed by atoms with E-state index in [0.29, 0.717) is 5.02 Å². The smallest absolute Gasteiger partial charge is 0.0921 e. The zero-order chi connectivity index (χ0) is 10.9. The van der Waals surface area contributed by atoms with Crippen molar-refractivity contribution >= 4 is 27.5 Å². The van der Waals surface area contributed by atoms with E-state index in [-0.39, 0.29) is 0 Å². The Kier molecular flexibility index (Phi) is 3.39. The number of hydrogen-bond acceptors (Lipinski definition) is 1. The molecule has 1 saturated carbocycles. The number of benzene rings is 1. The summed E-state index contributed by atoms with van der Waals surface area (Å²) in [6, 6.07) is 5.67. The second-order valence-corrected chi connectivity index (χ2v) is 5.45. The molecule has 0 bridgehead atoms. The molecule has 0 aliphatic heterocycles. The van der Waals surface area contributed by atoms with Gasteiger partial charge in [0.25, 0.3) is 0 Å². The normalized spacial score (nSPS) is 20.2. The Labute approximate surface area is 104 Å². The molecule has 0 unspecified atom stereocenters. The predicted molar refractivity (Wildman–Crippen MR) is 66.1 cm³/mol. The maximum absolute atomic E-state index is 10.6. The number of halogens is 2. The van der Waals surface area contributed by atoms with Crippen LogP contribution in [-0.4, -0.2) is 5.11 Å².